The van der Waals surface area contributed by atoms with Gasteiger partial charge < -0.3 is 10.1 Å². The number of hydrogen-bond acceptors (Lipinski definition) is 5. The Morgan fingerprint density at radius 2 is 2.05 bits per heavy atom. The highest BCUT2D eigenvalue weighted by atomic mass is 32.2. The lowest BCUT2D eigenvalue weighted by Gasteiger charge is -2.12. The standard InChI is InChI=1S/C13H21N3O4S/c1-4-14-9-11-6-5-7-12(8-11)15-21(18,19)16-13(17)20-10(2)3/h5-8,10,14-15H,4,9H2,1-3H3,(H,16,17). The van der Waals surface area contributed by atoms with Crippen molar-refractivity contribution in [3.63, 3.8) is 0 Å². The molecule has 3 N–H and O–H groups in total. The predicted octanol–water partition coefficient (Wildman–Crippen LogP) is 1.59. The minimum atomic E-state index is -4.01. The Labute approximate surface area is 125 Å². The second-order valence-corrected chi connectivity index (χ2v) is 6.06. The molecule has 0 aliphatic heterocycles. The molecule has 0 saturated heterocycles. The topological polar surface area (TPSA) is 96.5 Å². The molecule has 0 saturated carbocycles. The Hall–Kier alpha value is -1.80. The first kappa shape index (κ1) is 17.3. The van der Waals surface area contributed by atoms with Crippen LogP contribution in [0.15, 0.2) is 24.3 Å². The van der Waals surface area contributed by atoms with E-state index in [4.69, 9.17) is 4.74 Å². The molecule has 1 rings (SSSR count). The lowest BCUT2D eigenvalue weighted by atomic mass is 10.2. The number of benzene rings is 1. The fourth-order valence-electron chi connectivity index (χ4n) is 1.54. The van der Waals surface area contributed by atoms with E-state index in [1.807, 2.05) is 13.0 Å². The highest BCUT2D eigenvalue weighted by molar-refractivity contribution is 7.91. The van der Waals surface area contributed by atoms with Crippen molar-refractivity contribution in [1.82, 2.24) is 10.0 Å². The van der Waals surface area contributed by atoms with Crippen molar-refractivity contribution in [3.05, 3.63) is 29.8 Å². The molecule has 8 heteroatoms. The third-order valence-corrected chi connectivity index (χ3v) is 3.26. The van der Waals surface area contributed by atoms with Gasteiger partial charge in [-0.25, -0.2) is 9.52 Å². The van der Waals surface area contributed by atoms with Crippen LogP contribution in [0.1, 0.15) is 26.3 Å². The van der Waals surface area contributed by atoms with Crippen molar-refractivity contribution < 1.29 is 17.9 Å². The first-order valence-corrected chi connectivity index (χ1v) is 8.11. The van der Waals surface area contributed by atoms with Crippen molar-refractivity contribution in [3.8, 4) is 0 Å². The molecule has 1 aromatic carbocycles. The number of amides is 1. The summed E-state index contributed by atoms with van der Waals surface area (Å²) in [5.41, 5.74) is 1.30. The minimum absolute atomic E-state index is 0.371. The Balaban J connectivity index is 2.68. The molecule has 0 heterocycles. The highest BCUT2D eigenvalue weighted by Crippen LogP contribution is 2.11. The molecule has 0 atom stereocenters. The lowest BCUT2D eigenvalue weighted by molar-refractivity contribution is 0.121. The van der Waals surface area contributed by atoms with E-state index in [0.717, 1.165) is 12.1 Å². The molecule has 0 radical (unpaired) electrons. The van der Waals surface area contributed by atoms with Gasteiger partial charge >= 0.3 is 16.3 Å². The summed E-state index contributed by atoms with van der Waals surface area (Å²) in [5.74, 6) is 0. The summed E-state index contributed by atoms with van der Waals surface area (Å²) in [6, 6.07) is 6.90. The van der Waals surface area contributed by atoms with Crippen LogP contribution in [0.5, 0.6) is 0 Å². The van der Waals surface area contributed by atoms with Crippen LogP contribution in [0.3, 0.4) is 0 Å². The summed E-state index contributed by atoms with van der Waals surface area (Å²) in [7, 11) is -4.01. The highest BCUT2D eigenvalue weighted by Gasteiger charge is 2.16. The van der Waals surface area contributed by atoms with E-state index in [-0.39, 0.29) is 0 Å². The molecular formula is C13H21N3O4S. The zero-order chi connectivity index (χ0) is 15.9. The molecule has 1 amide bonds. The second-order valence-electron chi connectivity index (χ2n) is 4.64. The van der Waals surface area contributed by atoms with Gasteiger partial charge in [0, 0.05) is 6.54 Å². The van der Waals surface area contributed by atoms with E-state index in [0.29, 0.717) is 12.2 Å². The van der Waals surface area contributed by atoms with Gasteiger partial charge in [0.15, 0.2) is 0 Å². The van der Waals surface area contributed by atoms with Gasteiger partial charge in [0.2, 0.25) is 0 Å². The van der Waals surface area contributed by atoms with Gasteiger partial charge in [0.1, 0.15) is 0 Å². The number of nitrogens with one attached hydrogen (secondary N) is 3. The Morgan fingerprint density at radius 3 is 2.67 bits per heavy atom. The molecule has 0 bridgehead atoms. The van der Waals surface area contributed by atoms with E-state index in [2.05, 4.69) is 10.0 Å². The van der Waals surface area contributed by atoms with Gasteiger partial charge in [-0.05, 0) is 38.1 Å². The Morgan fingerprint density at radius 1 is 1.33 bits per heavy atom. The van der Waals surface area contributed by atoms with Crippen molar-refractivity contribution in [2.45, 2.75) is 33.4 Å². The maximum atomic E-state index is 11.8. The molecule has 0 aliphatic rings. The molecule has 0 aromatic heterocycles. The SMILES string of the molecule is CCNCc1cccc(NS(=O)(=O)NC(=O)OC(C)C)c1. The third-order valence-electron chi connectivity index (χ3n) is 2.32. The molecular weight excluding hydrogens is 294 g/mol. The maximum absolute atomic E-state index is 11.8. The first-order chi connectivity index (χ1) is 9.82. The number of ether oxygens (including phenoxy) is 1. The Bertz CT molecular complexity index is 573. The van der Waals surface area contributed by atoms with Gasteiger partial charge in [-0.15, -0.1) is 0 Å². The van der Waals surface area contributed by atoms with Crippen LogP contribution in [-0.4, -0.2) is 27.2 Å². The first-order valence-electron chi connectivity index (χ1n) is 6.63. The zero-order valence-electron chi connectivity index (χ0n) is 12.3. The monoisotopic (exact) mass is 315 g/mol. The zero-order valence-corrected chi connectivity index (χ0v) is 13.2. The van der Waals surface area contributed by atoms with E-state index in [1.54, 1.807) is 36.8 Å². The van der Waals surface area contributed by atoms with Crippen LogP contribution in [0.25, 0.3) is 0 Å². The molecule has 118 valence electrons. The van der Waals surface area contributed by atoms with Crippen molar-refractivity contribution in [2.24, 2.45) is 0 Å². The average molecular weight is 315 g/mol. The molecule has 0 fully saturated rings. The quantitative estimate of drug-likeness (QED) is 0.710. The lowest BCUT2D eigenvalue weighted by Crippen LogP contribution is -2.36. The summed E-state index contributed by atoms with van der Waals surface area (Å²) in [6.45, 7) is 6.69. The smallest absolute Gasteiger partial charge is 0.422 e. The molecule has 0 aliphatic carbocycles. The molecule has 0 spiro atoms. The molecule has 7 nitrogen and oxygen atoms in total. The molecule has 0 unspecified atom stereocenters. The number of carbonyl (C=O) groups is 1. The number of carbonyl (C=O) groups excluding carboxylic acids is 1. The van der Waals surface area contributed by atoms with Crippen LogP contribution in [0.2, 0.25) is 0 Å². The van der Waals surface area contributed by atoms with E-state index in [1.165, 1.54) is 0 Å². The van der Waals surface area contributed by atoms with E-state index < -0.39 is 22.4 Å². The van der Waals surface area contributed by atoms with Gasteiger partial charge in [0.25, 0.3) is 0 Å². The fraction of sp³-hybridized carbons (Fsp3) is 0.462. The largest absolute Gasteiger partial charge is 0.446 e. The summed E-state index contributed by atoms with van der Waals surface area (Å²) in [6.07, 6.45) is -1.41. The van der Waals surface area contributed by atoms with Gasteiger partial charge in [-0.2, -0.15) is 8.42 Å². The van der Waals surface area contributed by atoms with Crippen LogP contribution >= 0.6 is 0 Å². The fourth-order valence-corrected chi connectivity index (χ4v) is 2.30. The van der Waals surface area contributed by atoms with Crippen LogP contribution in [-0.2, 0) is 21.5 Å². The van der Waals surface area contributed by atoms with E-state index >= 15 is 0 Å². The van der Waals surface area contributed by atoms with Crippen molar-refractivity contribution in [1.29, 1.82) is 0 Å². The van der Waals surface area contributed by atoms with Crippen molar-refractivity contribution in [2.75, 3.05) is 11.3 Å². The van der Waals surface area contributed by atoms with Crippen LogP contribution < -0.4 is 14.8 Å². The average Bonchev–Trinajstić information content (AvgIpc) is 2.34. The van der Waals surface area contributed by atoms with Gasteiger partial charge in [-0.1, -0.05) is 19.1 Å². The van der Waals surface area contributed by atoms with Gasteiger partial charge in [-0.3, -0.25) is 4.72 Å². The predicted molar refractivity (Wildman–Crippen MR) is 81.1 cm³/mol. The van der Waals surface area contributed by atoms with Crippen molar-refractivity contribution >= 4 is 22.0 Å². The summed E-state index contributed by atoms with van der Waals surface area (Å²) < 4.78 is 32.3. The molecule has 1 aromatic rings. The molecule has 21 heavy (non-hydrogen) atoms. The summed E-state index contributed by atoms with van der Waals surface area (Å²) in [4.78, 5) is 11.3. The van der Waals surface area contributed by atoms with Gasteiger partial charge in [0.05, 0.1) is 11.8 Å². The summed E-state index contributed by atoms with van der Waals surface area (Å²) in [5, 5.41) is 3.14. The number of rotatable bonds is 7. The number of anilines is 1. The van der Waals surface area contributed by atoms with Crippen LogP contribution in [0, 0.1) is 0 Å². The maximum Gasteiger partial charge on any atom is 0.422 e. The number of hydrogen-bond donors (Lipinski definition) is 3. The minimum Gasteiger partial charge on any atom is -0.446 e. The van der Waals surface area contributed by atoms with Crippen LogP contribution in [0.4, 0.5) is 10.5 Å². The normalized spacial score (nSPS) is 11.2. The summed E-state index contributed by atoms with van der Waals surface area (Å²) >= 11 is 0. The third kappa shape index (κ3) is 6.96. The second kappa shape index (κ2) is 7.84. The van der Waals surface area contributed by atoms with E-state index in [9.17, 15) is 13.2 Å². The Kier molecular flexibility index (Phi) is 6.44.